The summed E-state index contributed by atoms with van der Waals surface area (Å²) < 4.78 is 40.8. The molecule has 2 aromatic carbocycles. The van der Waals surface area contributed by atoms with Crippen molar-refractivity contribution in [1.82, 2.24) is 10.3 Å². The van der Waals surface area contributed by atoms with E-state index >= 15 is 0 Å². The number of ketones is 1. The lowest BCUT2D eigenvalue weighted by atomic mass is 9.97. The van der Waals surface area contributed by atoms with Gasteiger partial charge < -0.3 is 10.2 Å². The normalized spacial score (nSPS) is 17.0. The molecule has 1 atom stereocenters. The Morgan fingerprint density at radius 1 is 1.07 bits per heavy atom. The molecule has 1 saturated heterocycles. The Labute approximate surface area is 172 Å². The smallest absolute Gasteiger partial charge is 0.368 e. The van der Waals surface area contributed by atoms with Crippen molar-refractivity contribution in [3.05, 3.63) is 95.3 Å². The van der Waals surface area contributed by atoms with E-state index in [1.807, 2.05) is 35.2 Å². The first-order chi connectivity index (χ1) is 14.4. The number of nitrogens with one attached hydrogen (secondary N) is 1. The molecule has 3 aromatic rings. The van der Waals surface area contributed by atoms with E-state index in [1.54, 1.807) is 0 Å². The fraction of sp³-hybridized carbons (Fsp3) is 0.217. The van der Waals surface area contributed by atoms with Crippen LogP contribution in [0.5, 0.6) is 0 Å². The molecule has 2 heterocycles. The minimum Gasteiger partial charge on any atom is -0.368 e. The van der Waals surface area contributed by atoms with Crippen LogP contribution < -0.4 is 10.2 Å². The molecule has 0 spiro atoms. The Morgan fingerprint density at radius 3 is 2.57 bits per heavy atom. The van der Waals surface area contributed by atoms with Gasteiger partial charge >= 0.3 is 6.18 Å². The molecule has 1 aliphatic rings. The number of alkyl halides is 3. The average molecular weight is 411 g/mol. The van der Waals surface area contributed by atoms with Crippen molar-refractivity contribution in [1.29, 1.82) is 0 Å². The van der Waals surface area contributed by atoms with Gasteiger partial charge in [0.2, 0.25) is 0 Å². The Bertz CT molecular complexity index is 1020. The summed E-state index contributed by atoms with van der Waals surface area (Å²) in [5, 5.41) is 3.44. The largest absolute Gasteiger partial charge is 0.417 e. The number of halogens is 3. The van der Waals surface area contributed by atoms with Gasteiger partial charge in [0.15, 0.2) is 5.78 Å². The van der Waals surface area contributed by atoms with Gasteiger partial charge in [0, 0.05) is 54.9 Å². The molecule has 7 heteroatoms. The van der Waals surface area contributed by atoms with Crippen LogP contribution in [0.3, 0.4) is 0 Å². The molecule has 0 saturated carbocycles. The first-order valence-corrected chi connectivity index (χ1v) is 9.63. The Balaban J connectivity index is 1.68. The summed E-state index contributed by atoms with van der Waals surface area (Å²) in [5.74, 6) is -0.688. The van der Waals surface area contributed by atoms with Gasteiger partial charge in [-0.25, -0.2) is 0 Å². The van der Waals surface area contributed by atoms with Gasteiger partial charge in [-0.15, -0.1) is 0 Å². The maximum absolute atomic E-state index is 13.6. The summed E-state index contributed by atoms with van der Waals surface area (Å²) in [5.41, 5.74) is 0.540. The first-order valence-electron chi connectivity index (χ1n) is 9.63. The van der Waals surface area contributed by atoms with Crippen molar-refractivity contribution in [2.45, 2.75) is 12.2 Å². The van der Waals surface area contributed by atoms with Gasteiger partial charge in [-0.1, -0.05) is 30.3 Å². The third kappa shape index (κ3) is 4.21. The molecule has 1 aromatic heterocycles. The Hall–Kier alpha value is -3.19. The number of nitrogens with zero attached hydrogens (tertiary/aromatic N) is 2. The monoisotopic (exact) mass is 411 g/mol. The van der Waals surface area contributed by atoms with Crippen LogP contribution in [0.2, 0.25) is 0 Å². The van der Waals surface area contributed by atoms with Crippen LogP contribution in [0.4, 0.5) is 18.9 Å². The van der Waals surface area contributed by atoms with Crippen LogP contribution in [-0.4, -0.2) is 30.4 Å². The molecule has 1 N–H and O–H groups in total. The highest BCUT2D eigenvalue weighted by atomic mass is 19.4. The van der Waals surface area contributed by atoms with Gasteiger partial charge in [0.25, 0.3) is 0 Å². The molecule has 1 unspecified atom stereocenters. The second-order valence-electron chi connectivity index (χ2n) is 7.16. The van der Waals surface area contributed by atoms with E-state index in [0.29, 0.717) is 25.3 Å². The van der Waals surface area contributed by atoms with Crippen LogP contribution in [-0.2, 0) is 6.18 Å². The second-order valence-corrected chi connectivity index (χ2v) is 7.16. The van der Waals surface area contributed by atoms with E-state index < -0.39 is 17.5 Å². The Morgan fingerprint density at radius 2 is 1.87 bits per heavy atom. The standard InChI is InChI=1S/C23H20F3N3O/c24-23(25,26)20-9-8-18(13-19(20)22(30)17-7-4-10-27-14-17)29-12-11-28-21(15-29)16-5-2-1-3-6-16/h1-10,13-14,21,28H,11-12,15H2. The van der Waals surface area contributed by atoms with Crippen LogP contribution in [0.15, 0.2) is 73.1 Å². The third-order valence-electron chi connectivity index (χ3n) is 5.22. The van der Waals surface area contributed by atoms with Crippen molar-refractivity contribution in [2.24, 2.45) is 0 Å². The van der Waals surface area contributed by atoms with Crippen molar-refractivity contribution in [2.75, 3.05) is 24.5 Å². The molecule has 1 fully saturated rings. The maximum atomic E-state index is 13.6. The average Bonchev–Trinajstić information content (AvgIpc) is 2.79. The first kappa shape index (κ1) is 20.1. The van der Waals surface area contributed by atoms with Gasteiger partial charge in [-0.2, -0.15) is 13.2 Å². The molecule has 4 nitrogen and oxygen atoms in total. The molecule has 0 bridgehead atoms. The van der Waals surface area contributed by atoms with Crippen LogP contribution >= 0.6 is 0 Å². The number of rotatable bonds is 4. The number of benzene rings is 2. The predicted molar refractivity (Wildman–Crippen MR) is 109 cm³/mol. The number of carbonyl (C=O) groups is 1. The number of pyridine rings is 1. The van der Waals surface area contributed by atoms with Crippen LogP contribution in [0, 0.1) is 0 Å². The van der Waals surface area contributed by atoms with Gasteiger partial charge in [-0.05, 0) is 35.9 Å². The van der Waals surface area contributed by atoms with E-state index in [1.165, 1.54) is 36.7 Å². The molecule has 4 rings (SSSR count). The van der Waals surface area contributed by atoms with E-state index in [-0.39, 0.29) is 17.2 Å². The number of hydrogen-bond acceptors (Lipinski definition) is 4. The van der Waals surface area contributed by atoms with E-state index in [0.717, 1.165) is 11.6 Å². The highest BCUT2D eigenvalue weighted by Crippen LogP contribution is 2.35. The number of piperazine rings is 1. The zero-order valence-corrected chi connectivity index (χ0v) is 16.1. The minimum atomic E-state index is -4.62. The summed E-state index contributed by atoms with van der Waals surface area (Å²) in [4.78, 5) is 18.7. The summed E-state index contributed by atoms with van der Waals surface area (Å²) in [6.07, 6.45) is -1.87. The van der Waals surface area contributed by atoms with E-state index in [4.69, 9.17) is 0 Å². The molecule has 154 valence electrons. The van der Waals surface area contributed by atoms with Crippen molar-refractivity contribution < 1.29 is 18.0 Å². The molecule has 0 aliphatic carbocycles. The topological polar surface area (TPSA) is 45.2 Å². The summed E-state index contributed by atoms with van der Waals surface area (Å²) in [6, 6.07) is 16.7. The van der Waals surface area contributed by atoms with Gasteiger partial charge in [0.1, 0.15) is 0 Å². The SMILES string of the molecule is O=C(c1cccnc1)c1cc(N2CCNC(c3ccccc3)C2)ccc1C(F)(F)F. The fourth-order valence-corrected chi connectivity index (χ4v) is 3.71. The quantitative estimate of drug-likeness (QED) is 0.643. The predicted octanol–water partition coefficient (Wildman–Crippen LogP) is 4.48. The number of carbonyl (C=O) groups excluding carboxylic acids is 1. The molecule has 30 heavy (non-hydrogen) atoms. The van der Waals surface area contributed by atoms with E-state index in [2.05, 4.69) is 10.3 Å². The van der Waals surface area contributed by atoms with Crippen molar-refractivity contribution in [3.63, 3.8) is 0 Å². The molecular weight excluding hydrogens is 391 g/mol. The van der Waals surface area contributed by atoms with Crippen LogP contribution in [0.1, 0.15) is 33.1 Å². The van der Waals surface area contributed by atoms with E-state index in [9.17, 15) is 18.0 Å². The fourth-order valence-electron chi connectivity index (χ4n) is 3.71. The second kappa shape index (κ2) is 8.28. The maximum Gasteiger partial charge on any atom is 0.417 e. The lowest BCUT2D eigenvalue weighted by molar-refractivity contribution is -0.137. The summed E-state index contributed by atoms with van der Waals surface area (Å²) in [7, 11) is 0. The Kier molecular flexibility index (Phi) is 5.55. The summed E-state index contributed by atoms with van der Waals surface area (Å²) >= 11 is 0. The lowest BCUT2D eigenvalue weighted by Gasteiger charge is -2.36. The zero-order valence-electron chi connectivity index (χ0n) is 16.1. The number of hydrogen-bond donors (Lipinski definition) is 1. The highest BCUT2D eigenvalue weighted by molar-refractivity contribution is 6.10. The summed E-state index contributed by atoms with van der Waals surface area (Å²) in [6.45, 7) is 1.91. The lowest BCUT2D eigenvalue weighted by Crippen LogP contribution is -2.46. The zero-order chi connectivity index (χ0) is 21.1. The van der Waals surface area contributed by atoms with Crippen LogP contribution in [0.25, 0.3) is 0 Å². The number of anilines is 1. The number of aromatic nitrogens is 1. The van der Waals surface area contributed by atoms with Gasteiger partial charge in [-0.3, -0.25) is 9.78 Å². The molecule has 1 aliphatic heterocycles. The minimum absolute atomic E-state index is 0.0553. The molecule has 0 radical (unpaired) electrons. The molecular formula is C23H20F3N3O. The third-order valence-corrected chi connectivity index (χ3v) is 5.22. The van der Waals surface area contributed by atoms with Gasteiger partial charge in [0.05, 0.1) is 5.56 Å². The van der Waals surface area contributed by atoms with Crippen molar-refractivity contribution >= 4 is 11.5 Å². The molecule has 0 amide bonds. The highest BCUT2D eigenvalue weighted by Gasteiger charge is 2.36. The van der Waals surface area contributed by atoms with Crippen molar-refractivity contribution in [3.8, 4) is 0 Å².